The van der Waals surface area contributed by atoms with Gasteiger partial charge in [0.25, 0.3) is 5.69 Å². The van der Waals surface area contributed by atoms with E-state index in [1.54, 1.807) is 12.1 Å². The molecule has 0 spiro atoms. The van der Waals surface area contributed by atoms with Crippen LogP contribution in [0, 0.1) is 15.5 Å². The summed E-state index contributed by atoms with van der Waals surface area (Å²) in [6, 6.07) is 4.79. The van der Waals surface area contributed by atoms with Crippen LogP contribution in [0.1, 0.15) is 31.7 Å². The van der Waals surface area contributed by atoms with Crippen molar-refractivity contribution >= 4 is 17.3 Å². The second-order valence-corrected chi connectivity index (χ2v) is 5.67. The van der Waals surface area contributed by atoms with Gasteiger partial charge in [0.2, 0.25) is 0 Å². The van der Waals surface area contributed by atoms with E-state index in [0.717, 1.165) is 6.54 Å². The second-order valence-electron chi connectivity index (χ2n) is 5.26. The Hall–Kier alpha value is -1.13. The lowest BCUT2D eigenvalue weighted by Gasteiger charge is -2.38. The molecule has 1 aromatic rings. The lowest BCUT2D eigenvalue weighted by atomic mass is 9.70. The SMILES string of the molecule is CC1(CNCc2c(Cl)cccc2[N+](=O)[O-])CCC1. The van der Waals surface area contributed by atoms with Crippen molar-refractivity contribution in [1.29, 1.82) is 0 Å². The molecule has 0 heterocycles. The van der Waals surface area contributed by atoms with Crippen LogP contribution in [0.4, 0.5) is 5.69 Å². The molecule has 0 aromatic heterocycles. The maximum absolute atomic E-state index is 10.9. The van der Waals surface area contributed by atoms with Crippen LogP contribution in [0.15, 0.2) is 18.2 Å². The van der Waals surface area contributed by atoms with E-state index in [2.05, 4.69) is 12.2 Å². The van der Waals surface area contributed by atoms with Crippen molar-refractivity contribution in [3.05, 3.63) is 38.9 Å². The van der Waals surface area contributed by atoms with Gasteiger partial charge in [0.1, 0.15) is 0 Å². The lowest BCUT2D eigenvalue weighted by Crippen LogP contribution is -2.37. The Kier molecular flexibility index (Phi) is 3.88. The zero-order valence-electron chi connectivity index (χ0n) is 10.4. The monoisotopic (exact) mass is 268 g/mol. The van der Waals surface area contributed by atoms with Gasteiger partial charge in [-0.15, -0.1) is 0 Å². The highest BCUT2D eigenvalue weighted by Crippen LogP contribution is 2.39. The Morgan fingerprint density at radius 1 is 1.50 bits per heavy atom. The van der Waals surface area contributed by atoms with E-state index < -0.39 is 0 Å². The fourth-order valence-electron chi connectivity index (χ4n) is 2.34. The van der Waals surface area contributed by atoms with Gasteiger partial charge in [0, 0.05) is 19.2 Å². The lowest BCUT2D eigenvalue weighted by molar-refractivity contribution is -0.385. The molecule has 1 aliphatic carbocycles. The van der Waals surface area contributed by atoms with Crippen molar-refractivity contribution in [3.63, 3.8) is 0 Å². The zero-order valence-corrected chi connectivity index (χ0v) is 11.2. The maximum Gasteiger partial charge on any atom is 0.275 e. The molecule has 18 heavy (non-hydrogen) atoms. The van der Waals surface area contributed by atoms with E-state index in [-0.39, 0.29) is 10.6 Å². The quantitative estimate of drug-likeness (QED) is 0.656. The minimum Gasteiger partial charge on any atom is -0.312 e. The number of nitro benzene ring substituents is 1. The number of hydrogen-bond acceptors (Lipinski definition) is 3. The Morgan fingerprint density at radius 3 is 2.78 bits per heavy atom. The molecular weight excluding hydrogens is 252 g/mol. The molecule has 1 aliphatic rings. The van der Waals surface area contributed by atoms with Gasteiger partial charge in [0.05, 0.1) is 15.5 Å². The third-order valence-corrected chi connectivity index (χ3v) is 4.06. The molecule has 0 unspecified atom stereocenters. The van der Waals surface area contributed by atoms with Gasteiger partial charge in [-0.25, -0.2) is 0 Å². The average Bonchev–Trinajstić information content (AvgIpc) is 2.28. The van der Waals surface area contributed by atoms with Crippen LogP contribution in [-0.2, 0) is 6.54 Å². The summed E-state index contributed by atoms with van der Waals surface area (Å²) in [5, 5.41) is 14.7. The first-order valence-corrected chi connectivity index (χ1v) is 6.52. The fourth-order valence-corrected chi connectivity index (χ4v) is 2.58. The van der Waals surface area contributed by atoms with Gasteiger partial charge in [-0.2, -0.15) is 0 Å². The predicted octanol–water partition coefficient (Wildman–Crippen LogP) is 3.53. The molecule has 1 N–H and O–H groups in total. The van der Waals surface area contributed by atoms with Gasteiger partial charge >= 0.3 is 0 Å². The molecule has 98 valence electrons. The van der Waals surface area contributed by atoms with Gasteiger partial charge in [0.15, 0.2) is 0 Å². The number of hydrogen-bond donors (Lipinski definition) is 1. The summed E-state index contributed by atoms with van der Waals surface area (Å²) in [6.45, 7) is 3.57. The fraction of sp³-hybridized carbons (Fsp3) is 0.538. The first-order chi connectivity index (χ1) is 8.52. The largest absolute Gasteiger partial charge is 0.312 e. The third kappa shape index (κ3) is 2.82. The van der Waals surface area contributed by atoms with Crippen LogP contribution < -0.4 is 5.32 Å². The third-order valence-electron chi connectivity index (χ3n) is 3.71. The van der Waals surface area contributed by atoms with E-state index >= 15 is 0 Å². The Balaban J connectivity index is 2.02. The van der Waals surface area contributed by atoms with E-state index in [1.165, 1.54) is 25.3 Å². The van der Waals surface area contributed by atoms with E-state index in [9.17, 15) is 10.1 Å². The highest BCUT2D eigenvalue weighted by molar-refractivity contribution is 6.31. The molecule has 0 atom stereocenters. The summed E-state index contributed by atoms with van der Waals surface area (Å²) in [6.07, 6.45) is 3.74. The number of halogens is 1. The van der Waals surface area contributed by atoms with Crippen LogP contribution in [0.25, 0.3) is 0 Å². The predicted molar refractivity (Wildman–Crippen MR) is 71.8 cm³/mol. The minimum absolute atomic E-state index is 0.0914. The zero-order chi connectivity index (χ0) is 13.2. The number of benzene rings is 1. The summed E-state index contributed by atoms with van der Waals surface area (Å²) in [4.78, 5) is 10.5. The van der Waals surface area contributed by atoms with E-state index in [0.29, 0.717) is 22.5 Å². The van der Waals surface area contributed by atoms with Crippen molar-refractivity contribution < 1.29 is 4.92 Å². The van der Waals surface area contributed by atoms with E-state index in [4.69, 9.17) is 11.6 Å². The Bertz CT molecular complexity index is 458. The van der Waals surface area contributed by atoms with Crippen LogP contribution >= 0.6 is 11.6 Å². The molecule has 0 bridgehead atoms. The van der Waals surface area contributed by atoms with Crippen LogP contribution in [-0.4, -0.2) is 11.5 Å². The van der Waals surface area contributed by atoms with Crippen LogP contribution in [0.2, 0.25) is 5.02 Å². The van der Waals surface area contributed by atoms with Crippen LogP contribution in [0.5, 0.6) is 0 Å². The molecule has 0 saturated heterocycles. The Morgan fingerprint density at radius 2 is 2.22 bits per heavy atom. The highest BCUT2D eigenvalue weighted by atomic mass is 35.5. The van der Waals surface area contributed by atoms with Crippen molar-refractivity contribution in [3.8, 4) is 0 Å². The normalized spacial score (nSPS) is 17.2. The molecule has 1 saturated carbocycles. The standard InChI is InChI=1S/C13H17ClN2O2/c1-13(6-3-7-13)9-15-8-10-11(14)4-2-5-12(10)16(17)18/h2,4-5,15H,3,6-9H2,1H3. The molecular formula is C13H17ClN2O2. The smallest absolute Gasteiger partial charge is 0.275 e. The molecule has 4 nitrogen and oxygen atoms in total. The van der Waals surface area contributed by atoms with Crippen molar-refractivity contribution in [2.45, 2.75) is 32.7 Å². The molecule has 1 fully saturated rings. The number of nitrogens with one attached hydrogen (secondary N) is 1. The van der Waals surface area contributed by atoms with Crippen molar-refractivity contribution in [2.75, 3.05) is 6.54 Å². The first-order valence-electron chi connectivity index (χ1n) is 6.14. The van der Waals surface area contributed by atoms with Crippen molar-refractivity contribution in [1.82, 2.24) is 5.32 Å². The average molecular weight is 269 g/mol. The number of nitro groups is 1. The summed E-state index contributed by atoms with van der Waals surface area (Å²) < 4.78 is 0. The minimum atomic E-state index is -0.381. The van der Waals surface area contributed by atoms with E-state index in [1.807, 2.05) is 0 Å². The summed E-state index contributed by atoms with van der Waals surface area (Å²) >= 11 is 6.03. The summed E-state index contributed by atoms with van der Waals surface area (Å²) in [5.41, 5.74) is 1.02. The Labute approximate surface area is 111 Å². The van der Waals surface area contributed by atoms with Gasteiger partial charge in [-0.3, -0.25) is 10.1 Å². The molecule has 0 amide bonds. The second kappa shape index (κ2) is 5.24. The highest BCUT2D eigenvalue weighted by Gasteiger charge is 2.31. The molecule has 5 heteroatoms. The van der Waals surface area contributed by atoms with Crippen LogP contribution in [0.3, 0.4) is 0 Å². The van der Waals surface area contributed by atoms with Gasteiger partial charge < -0.3 is 5.32 Å². The molecule has 2 rings (SSSR count). The van der Waals surface area contributed by atoms with Gasteiger partial charge in [-0.1, -0.05) is 31.0 Å². The topological polar surface area (TPSA) is 55.2 Å². The molecule has 0 radical (unpaired) electrons. The number of nitrogens with zero attached hydrogens (tertiary/aromatic N) is 1. The molecule has 0 aliphatic heterocycles. The summed E-state index contributed by atoms with van der Waals surface area (Å²) in [7, 11) is 0. The maximum atomic E-state index is 10.9. The van der Waals surface area contributed by atoms with Crippen molar-refractivity contribution in [2.24, 2.45) is 5.41 Å². The molecule has 1 aromatic carbocycles. The summed E-state index contributed by atoms with van der Waals surface area (Å²) in [5.74, 6) is 0. The number of rotatable bonds is 5. The van der Waals surface area contributed by atoms with Gasteiger partial charge in [-0.05, 0) is 24.3 Å². The first kappa shape index (κ1) is 13.3.